The van der Waals surface area contributed by atoms with E-state index in [4.69, 9.17) is 0 Å². The number of hydrogen-bond acceptors (Lipinski definition) is 2. The van der Waals surface area contributed by atoms with Gasteiger partial charge in [0.1, 0.15) is 0 Å². The van der Waals surface area contributed by atoms with Gasteiger partial charge in [-0.15, -0.1) is 0 Å². The molecule has 10 heavy (non-hydrogen) atoms. The van der Waals surface area contributed by atoms with Crippen LogP contribution in [0.3, 0.4) is 0 Å². The van der Waals surface area contributed by atoms with E-state index in [0.717, 1.165) is 6.42 Å². The van der Waals surface area contributed by atoms with Crippen LogP contribution in [0.25, 0.3) is 0 Å². The van der Waals surface area contributed by atoms with E-state index in [1.165, 1.54) is 19.3 Å². The van der Waals surface area contributed by atoms with Crippen molar-refractivity contribution >= 4 is 6.47 Å². The average molecular weight is 142 g/mol. The van der Waals surface area contributed by atoms with Crippen LogP contribution in [0.2, 0.25) is 0 Å². The quantitative estimate of drug-likeness (QED) is 0.431. The first kappa shape index (κ1) is 7.58. The number of rotatable bonds is 5. The smallest absolute Gasteiger partial charge is 0.293 e. The number of hydrogen-bond donors (Lipinski definition) is 0. The molecule has 0 aromatic rings. The first-order valence-electron chi connectivity index (χ1n) is 3.88. The molecule has 58 valence electrons. The van der Waals surface area contributed by atoms with Crippen molar-refractivity contribution in [2.75, 3.05) is 6.61 Å². The second-order valence-electron chi connectivity index (χ2n) is 3.07. The van der Waals surface area contributed by atoms with Crippen molar-refractivity contribution in [1.29, 1.82) is 0 Å². The molecular formula is C8H14O2. The van der Waals surface area contributed by atoms with Gasteiger partial charge >= 0.3 is 0 Å². The lowest BCUT2D eigenvalue weighted by molar-refractivity contribution is -0.129. The average Bonchev–Trinajstić information content (AvgIpc) is 2.70. The van der Waals surface area contributed by atoms with E-state index in [1.54, 1.807) is 0 Å². The van der Waals surface area contributed by atoms with Gasteiger partial charge in [-0.3, -0.25) is 4.79 Å². The Morgan fingerprint density at radius 2 is 2.30 bits per heavy atom. The van der Waals surface area contributed by atoms with Crippen LogP contribution in [0.1, 0.15) is 32.6 Å². The van der Waals surface area contributed by atoms with Crippen LogP contribution in [0, 0.1) is 5.41 Å². The van der Waals surface area contributed by atoms with Crippen molar-refractivity contribution in [3.63, 3.8) is 0 Å². The van der Waals surface area contributed by atoms with Gasteiger partial charge in [0.15, 0.2) is 0 Å². The zero-order valence-corrected chi connectivity index (χ0v) is 6.43. The number of ether oxygens (including phenoxy) is 1. The van der Waals surface area contributed by atoms with Crippen LogP contribution >= 0.6 is 0 Å². The van der Waals surface area contributed by atoms with Crippen LogP contribution in [0.4, 0.5) is 0 Å². The molecule has 0 spiro atoms. The summed E-state index contributed by atoms with van der Waals surface area (Å²) in [5, 5.41) is 0. The van der Waals surface area contributed by atoms with Crippen LogP contribution in [0.15, 0.2) is 0 Å². The minimum Gasteiger partial charge on any atom is -0.468 e. The number of carbonyl (C=O) groups excluding carboxylic acids is 1. The second-order valence-corrected chi connectivity index (χ2v) is 3.07. The van der Waals surface area contributed by atoms with Gasteiger partial charge in [-0.2, -0.15) is 0 Å². The molecule has 0 heterocycles. The molecule has 0 amide bonds. The molecule has 1 aliphatic carbocycles. The summed E-state index contributed by atoms with van der Waals surface area (Å²) < 4.78 is 4.63. The maximum absolute atomic E-state index is 9.78. The highest BCUT2D eigenvalue weighted by molar-refractivity contribution is 5.36. The fraction of sp³-hybridized carbons (Fsp3) is 0.875. The van der Waals surface area contributed by atoms with Gasteiger partial charge in [-0.05, 0) is 24.7 Å². The predicted octanol–water partition coefficient (Wildman–Crippen LogP) is 1.74. The first-order valence-corrected chi connectivity index (χ1v) is 3.88. The topological polar surface area (TPSA) is 26.3 Å². The molecule has 2 nitrogen and oxygen atoms in total. The highest BCUT2D eigenvalue weighted by Crippen LogP contribution is 2.51. The minimum absolute atomic E-state index is 0.533. The Labute approximate surface area is 61.6 Å². The highest BCUT2D eigenvalue weighted by atomic mass is 16.5. The molecule has 0 radical (unpaired) electrons. The largest absolute Gasteiger partial charge is 0.468 e. The van der Waals surface area contributed by atoms with E-state index in [1.807, 2.05) is 0 Å². The van der Waals surface area contributed by atoms with Crippen molar-refractivity contribution in [2.24, 2.45) is 5.41 Å². The molecule has 0 saturated heterocycles. The summed E-state index contributed by atoms with van der Waals surface area (Å²) in [6, 6.07) is 0. The van der Waals surface area contributed by atoms with Gasteiger partial charge < -0.3 is 4.74 Å². The third-order valence-corrected chi connectivity index (χ3v) is 2.53. The summed E-state index contributed by atoms with van der Waals surface area (Å²) in [5.74, 6) is 0. The zero-order valence-electron chi connectivity index (χ0n) is 6.43. The van der Waals surface area contributed by atoms with Gasteiger partial charge in [0.05, 0.1) is 6.61 Å². The Hall–Kier alpha value is -0.530. The van der Waals surface area contributed by atoms with E-state index in [-0.39, 0.29) is 0 Å². The third kappa shape index (κ3) is 1.72. The summed E-state index contributed by atoms with van der Waals surface area (Å²) in [5.41, 5.74) is 0.559. The van der Waals surface area contributed by atoms with E-state index >= 15 is 0 Å². The predicted molar refractivity (Wildman–Crippen MR) is 38.6 cm³/mol. The van der Waals surface area contributed by atoms with Crippen molar-refractivity contribution in [3.8, 4) is 0 Å². The fourth-order valence-electron chi connectivity index (χ4n) is 1.28. The van der Waals surface area contributed by atoms with E-state index in [9.17, 15) is 4.79 Å². The fourth-order valence-corrected chi connectivity index (χ4v) is 1.28. The molecule has 0 aromatic heterocycles. The molecule has 1 rings (SSSR count). The maximum Gasteiger partial charge on any atom is 0.293 e. The van der Waals surface area contributed by atoms with Gasteiger partial charge in [0.25, 0.3) is 6.47 Å². The summed E-state index contributed by atoms with van der Waals surface area (Å²) >= 11 is 0. The summed E-state index contributed by atoms with van der Waals surface area (Å²) in [7, 11) is 0. The highest BCUT2D eigenvalue weighted by Gasteiger charge is 2.39. The van der Waals surface area contributed by atoms with Gasteiger partial charge in [-0.1, -0.05) is 13.3 Å². The third-order valence-electron chi connectivity index (χ3n) is 2.53. The van der Waals surface area contributed by atoms with Crippen LogP contribution in [0.5, 0.6) is 0 Å². The Bertz CT molecular complexity index is 116. The molecule has 0 aromatic carbocycles. The van der Waals surface area contributed by atoms with Crippen LogP contribution < -0.4 is 0 Å². The normalized spacial score (nSPS) is 20.1. The summed E-state index contributed by atoms with van der Waals surface area (Å²) in [4.78, 5) is 9.78. The standard InChI is InChI=1S/C8H14O2/c1-2-8(3-4-8)5-6-10-7-9/h7H,2-6H2,1H3. The molecule has 0 N–H and O–H groups in total. The molecule has 2 heteroatoms. The first-order chi connectivity index (χ1) is 4.83. The molecule has 1 saturated carbocycles. The molecule has 0 atom stereocenters. The summed E-state index contributed by atoms with van der Waals surface area (Å²) in [6.07, 6.45) is 4.94. The maximum atomic E-state index is 9.78. The lowest BCUT2D eigenvalue weighted by atomic mass is 10.0. The lowest BCUT2D eigenvalue weighted by Gasteiger charge is -2.09. The molecule has 1 aliphatic rings. The molecular weight excluding hydrogens is 128 g/mol. The Balaban J connectivity index is 2.06. The Kier molecular flexibility index (Phi) is 2.30. The van der Waals surface area contributed by atoms with Gasteiger partial charge in [0, 0.05) is 0 Å². The minimum atomic E-state index is 0.533. The van der Waals surface area contributed by atoms with Gasteiger partial charge in [-0.25, -0.2) is 0 Å². The Morgan fingerprint density at radius 1 is 1.60 bits per heavy atom. The van der Waals surface area contributed by atoms with Crippen molar-refractivity contribution in [1.82, 2.24) is 0 Å². The van der Waals surface area contributed by atoms with Gasteiger partial charge in [0.2, 0.25) is 0 Å². The molecule has 1 fully saturated rings. The van der Waals surface area contributed by atoms with E-state index in [0.29, 0.717) is 18.5 Å². The van der Waals surface area contributed by atoms with Crippen LogP contribution in [-0.4, -0.2) is 13.1 Å². The van der Waals surface area contributed by atoms with Crippen LogP contribution in [-0.2, 0) is 9.53 Å². The molecule has 0 bridgehead atoms. The molecule has 0 unspecified atom stereocenters. The SMILES string of the molecule is CCC1(CCOC=O)CC1. The molecule has 0 aliphatic heterocycles. The van der Waals surface area contributed by atoms with Crippen molar-refractivity contribution < 1.29 is 9.53 Å². The Morgan fingerprint density at radius 3 is 2.70 bits per heavy atom. The monoisotopic (exact) mass is 142 g/mol. The number of carbonyl (C=O) groups is 1. The second kappa shape index (κ2) is 3.04. The van der Waals surface area contributed by atoms with E-state index < -0.39 is 0 Å². The lowest BCUT2D eigenvalue weighted by Crippen LogP contribution is -2.03. The van der Waals surface area contributed by atoms with Crippen molar-refractivity contribution in [2.45, 2.75) is 32.6 Å². The summed E-state index contributed by atoms with van der Waals surface area (Å²) in [6.45, 7) is 3.34. The van der Waals surface area contributed by atoms with Crippen molar-refractivity contribution in [3.05, 3.63) is 0 Å². The zero-order chi connectivity index (χ0) is 7.45. The van der Waals surface area contributed by atoms with E-state index in [2.05, 4.69) is 11.7 Å².